The maximum absolute atomic E-state index is 15.6. The molecule has 3 aliphatic rings. The van der Waals surface area contributed by atoms with Gasteiger partial charge in [-0.15, -0.1) is 0 Å². The van der Waals surface area contributed by atoms with Crippen LogP contribution in [0.2, 0.25) is 0 Å². The number of hydrogen-bond donors (Lipinski definition) is 1. The van der Waals surface area contributed by atoms with Gasteiger partial charge in [-0.1, -0.05) is 30.7 Å². The maximum atomic E-state index is 15.6. The molecule has 2 atom stereocenters. The van der Waals surface area contributed by atoms with E-state index in [1.165, 1.54) is 24.8 Å². The zero-order valence-electron chi connectivity index (χ0n) is 11.4. The molecule has 2 saturated heterocycles. The van der Waals surface area contributed by atoms with Crippen LogP contribution < -0.4 is 5.32 Å². The Morgan fingerprint density at radius 1 is 1.00 bits per heavy atom. The molecule has 1 saturated carbocycles. The molecular weight excluding hydrogens is 237 g/mol. The van der Waals surface area contributed by atoms with Crippen molar-refractivity contribution in [3.63, 3.8) is 0 Å². The van der Waals surface area contributed by atoms with Gasteiger partial charge in [0, 0.05) is 24.9 Å². The van der Waals surface area contributed by atoms with Crippen LogP contribution in [0.4, 0.5) is 4.39 Å². The fraction of sp³-hybridized carbons (Fsp3) is 0.647. The monoisotopic (exact) mass is 259 g/mol. The van der Waals surface area contributed by atoms with Crippen LogP contribution >= 0.6 is 0 Å². The van der Waals surface area contributed by atoms with Crippen LogP contribution in [0.1, 0.15) is 62.0 Å². The minimum atomic E-state index is -1.08. The molecule has 1 aliphatic carbocycles. The number of halogens is 1. The summed E-state index contributed by atoms with van der Waals surface area (Å²) in [5.41, 5.74) is 1.24. The molecule has 0 aromatic heterocycles. The summed E-state index contributed by atoms with van der Waals surface area (Å²) in [4.78, 5) is 0. The van der Waals surface area contributed by atoms with Gasteiger partial charge in [-0.3, -0.25) is 0 Å². The lowest BCUT2D eigenvalue weighted by molar-refractivity contribution is 0.0853. The first-order valence-electron chi connectivity index (χ1n) is 7.79. The number of fused-ring (bicyclic) bond motifs is 2. The van der Waals surface area contributed by atoms with Crippen molar-refractivity contribution >= 4 is 0 Å². The van der Waals surface area contributed by atoms with Crippen molar-refractivity contribution in [1.82, 2.24) is 5.32 Å². The number of hydrogen-bond acceptors (Lipinski definition) is 1. The van der Waals surface area contributed by atoms with Gasteiger partial charge >= 0.3 is 0 Å². The van der Waals surface area contributed by atoms with Gasteiger partial charge in [0.1, 0.15) is 5.67 Å². The predicted octanol–water partition coefficient (Wildman–Crippen LogP) is 4.03. The Labute approximate surface area is 114 Å². The van der Waals surface area contributed by atoms with Crippen molar-refractivity contribution in [2.24, 2.45) is 0 Å². The SMILES string of the molecule is FC1(c2ccccc2C2CCC2)CC2CCC(C1)N2. The molecule has 1 nitrogen and oxygen atoms in total. The summed E-state index contributed by atoms with van der Waals surface area (Å²) in [7, 11) is 0. The molecule has 0 amide bonds. The zero-order valence-corrected chi connectivity index (χ0v) is 11.4. The third-order valence-electron chi connectivity index (χ3n) is 5.46. The van der Waals surface area contributed by atoms with Crippen LogP contribution in [-0.2, 0) is 5.67 Å². The summed E-state index contributed by atoms with van der Waals surface area (Å²) >= 11 is 0. The molecule has 1 aromatic carbocycles. The number of benzene rings is 1. The van der Waals surface area contributed by atoms with Crippen molar-refractivity contribution in [3.05, 3.63) is 35.4 Å². The summed E-state index contributed by atoms with van der Waals surface area (Å²) in [6.45, 7) is 0. The second-order valence-corrected chi connectivity index (χ2v) is 6.73. The number of piperidine rings is 1. The predicted molar refractivity (Wildman–Crippen MR) is 75.0 cm³/mol. The molecule has 19 heavy (non-hydrogen) atoms. The Hall–Kier alpha value is -0.890. The third kappa shape index (κ3) is 1.92. The molecule has 2 aliphatic heterocycles. The summed E-state index contributed by atoms with van der Waals surface area (Å²) in [5, 5.41) is 3.55. The summed E-state index contributed by atoms with van der Waals surface area (Å²) < 4.78 is 15.6. The summed E-state index contributed by atoms with van der Waals surface area (Å²) in [6, 6.07) is 9.12. The van der Waals surface area contributed by atoms with Crippen molar-refractivity contribution < 1.29 is 4.39 Å². The van der Waals surface area contributed by atoms with Crippen LogP contribution in [0, 0.1) is 0 Å². The molecular formula is C17H22FN. The molecule has 0 radical (unpaired) electrons. The summed E-state index contributed by atoms with van der Waals surface area (Å²) in [5.74, 6) is 0.622. The molecule has 3 fully saturated rings. The minimum absolute atomic E-state index is 0.401. The van der Waals surface area contributed by atoms with Gasteiger partial charge in [0.25, 0.3) is 0 Å². The van der Waals surface area contributed by atoms with E-state index in [2.05, 4.69) is 23.5 Å². The second-order valence-electron chi connectivity index (χ2n) is 6.73. The number of rotatable bonds is 2. The minimum Gasteiger partial charge on any atom is -0.311 e. The quantitative estimate of drug-likeness (QED) is 0.845. The van der Waals surface area contributed by atoms with E-state index in [0.29, 0.717) is 30.8 Å². The van der Waals surface area contributed by atoms with Gasteiger partial charge in [-0.25, -0.2) is 4.39 Å². The Bertz CT molecular complexity index is 468. The first kappa shape index (κ1) is 11.9. The van der Waals surface area contributed by atoms with Crippen LogP contribution in [0.3, 0.4) is 0 Å². The van der Waals surface area contributed by atoms with E-state index in [0.717, 1.165) is 18.4 Å². The largest absolute Gasteiger partial charge is 0.311 e. The van der Waals surface area contributed by atoms with Crippen LogP contribution in [0.25, 0.3) is 0 Å². The lowest BCUT2D eigenvalue weighted by Gasteiger charge is -2.38. The van der Waals surface area contributed by atoms with Crippen molar-refractivity contribution in [3.8, 4) is 0 Å². The van der Waals surface area contributed by atoms with Gasteiger partial charge in [-0.2, -0.15) is 0 Å². The zero-order chi connectivity index (χ0) is 12.9. The normalized spacial score (nSPS) is 38.2. The van der Waals surface area contributed by atoms with Gasteiger partial charge in [0.2, 0.25) is 0 Å². The highest BCUT2D eigenvalue weighted by molar-refractivity contribution is 5.37. The molecule has 2 bridgehead atoms. The van der Waals surface area contributed by atoms with E-state index in [1.54, 1.807) is 0 Å². The van der Waals surface area contributed by atoms with Gasteiger partial charge < -0.3 is 5.32 Å². The van der Waals surface area contributed by atoms with E-state index in [1.807, 2.05) is 6.07 Å². The van der Waals surface area contributed by atoms with E-state index in [9.17, 15) is 0 Å². The van der Waals surface area contributed by atoms with Crippen molar-refractivity contribution in [2.45, 2.75) is 68.6 Å². The van der Waals surface area contributed by atoms with Crippen LogP contribution in [0.15, 0.2) is 24.3 Å². The molecule has 2 unspecified atom stereocenters. The topological polar surface area (TPSA) is 12.0 Å². The molecule has 2 heteroatoms. The lowest BCUT2D eigenvalue weighted by atomic mass is 9.73. The molecule has 0 spiro atoms. The van der Waals surface area contributed by atoms with Crippen LogP contribution in [-0.4, -0.2) is 12.1 Å². The fourth-order valence-corrected chi connectivity index (χ4v) is 4.29. The Kier molecular flexibility index (Phi) is 2.70. The average molecular weight is 259 g/mol. The lowest BCUT2D eigenvalue weighted by Crippen LogP contribution is -2.45. The number of alkyl halides is 1. The van der Waals surface area contributed by atoms with Gasteiger partial charge in [0.05, 0.1) is 0 Å². The molecule has 1 aromatic rings. The molecule has 2 heterocycles. The highest BCUT2D eigenvalue weighted by atomic mass is 19.1. The third-order valence-corrected chi connectivity index (χ3v) is 5.46. The van der Waals surface area contributed by atoms with Crippen LogP contribution in [0.5, 0.6) is 0 Å². The first-order valence-corrected chi connectivity index (χ1v) is 7.79. The van der Waals surface area contributed by atoms with E-state index in [4.69, 9.17) is 0 Å². The smallest absolute Gasteiger partial charge is 0.139 e. The highest BCUT2D eigenvalue weighted by Gasteiger charge is 2.46. The van der Waals surface area contributed by atoms with Gasteiger partial charge in [-0.05, 0) is 42.7 Å². The van der Waals surface area contributed by atoms with Crippen molar-refractivity contribution in [1.29, 1.82) is 0 Å². The van der Waals surface area contributed by atoms with E-state index < -0.39 is 5.67 Å². The molecule has 4 rings (SSSR count). The Morgan fingerprint density at radius 2 is 1.68 bits per heavy atom. The first-order chi connectivity index (χ1) is 9.24. The number of nitrogens with one attached hydrogen (secondary N) is 1. The van der Waals surface area contributed by atoms with E-state index in [-0.39, 0.29) is 0 Å². The maximum Gasteiger partial charge on any atom is 0.139 e. The van der Waals surface area contributed by atoms with Crippen molar-refractivity contribution in [2.75, 3.05) is 0 Å². The highest BCUT2D eigenvalue weighted by Crippen LogP contribution is 2.48. The molecule has 1 N–H and O–H groups in total. The summed E-state index contributed by atoms with van der Waals surface area (Å²) in [6.07, 6.45) is 7.46. The average Bonchev–Trinajstić information content (AvgIpc) is 2.68. The fourth-order valence-electron chi connectivity index (χ4n) is 4.29. The second kappa shape index (κ2) is 4.31. The Balaban J connectivity index is 1.71. The van der Waals surface area contributed by atoms with Gasteiger partial charge in [0.15, 0.2) is 0 Å². The standard InChI is InChI=1S/C17H22FN/c18-17(10-13-8-9-14(11-17)19-13)16-7-2-1-6-15(16)12-4-3-5-12/h1-2,6-7,12-14,19H,3-5,8-11H2. The Morgan fingerprint density at radius 3 is 2.32 bits per heavy atom. The van der Waals surface area contributed by atoms with E-state index >= 15 is 4.39 Å². The molecule has 102 valence electrons.